The van der Waals surface area contributed by atoms with Crippen molar-refractivity contribution in [1.82, 2.24) is 9.88 Å². The van der Waals surface area contributed by atoms with Gasteiger partial charge in [0.1, 0.15) is 17.6 Å². The molecular weight excluding hydrogens is 344 g/mol. The maximum Gasteiger partial charge on any atom is 0.296 e. The highest BCUT2D eigenvalue weighted by molar-refractivity contribution is 6.46. The normalized spacial score (nSPS) is 18.8. The number of pyridine rings is 1. The van der Waals surface area contributed by atoms with Gasteiger partial charge in [0.25, 0.3) is 11.7 Å². The summed E-state index contributed by atoms with van der Waals surface area (Å²) in [5, 5.41) is 10.8. The fraction of sp³-hybridized carbons (Fsp3) is 0.0952. The molecule has 1 N–H and O–H groups in total. The van der Waals surface area contributed by atoms with Crippen molar-refractivity contribution in [2.75, 3.05) is 0 Å². The van der Waals surface area contributed by atoms with Gasteiger partial charge in [0, 0.05) is 11.8 Å². The van der Waals surface area contributed by atoms with Gasteiger partial charge in [-0.3, -0.25) is 14.6 Å². The maximum atomic E-state index is 12.8. The molecule has 1 unspecified atom stereocenters. The summed E-state index contributed by atoms with van der Waals surface area (Å²) in [7, 11) is 0. The highest BCUT2D eigenvalue weighted by atomic mass is 16.3. The van der Waals surface area contributed by atoms with E-state index in [1.54, 1.807) is 60.8 Å². The second kappa shape index (κ2) is 6.92. The number of nitrogens with zero attached hydrogens (tertiary/aromatic N) is 2. The second-order valence-corrected chi connectivity index (χ2v) is 6.13. The van der Waals surface area contributed by atoms with Gasteiger partial charge >= 0.3 is 0 Å². The monoisotopic (exact) mass is 360 g/mol. The van der Waals surface area contributed by atoms with Gasteiger partial charge in [0.2, 0.25) is 0 Å². The molecule has 6 heteroatoms. The summed E-state index contributed by atoms with van der Waals surface area (Å²) in [5.74, 6) is -1.25. The lowest BCUT2D eigenvalue weighted by Gasteiger charge is -2.22. The summed E-state index contributed by atoms with van der Waals surface area (Å²) in [4.78, 5) is 31.1. The van der Waals surface area contributed by atoms with E-state index in [0.29, 0.717) is 17.0 Å². The molecule has 0 aliphatic carbocycles. The molecule has 4 rings (SSSR count). The number of rotatable bonds is 4. The number of aliphatic hydroxyl groups is 1. The molecule has 0 bridgehead atoms. The van der Waals surface area contributed by atoms with Crippen molar-refractivity contribution >= 4 is 17.4 Å². The third-order valence-electron chi connectivity index (χ3n) is 4.46. The van der Waals surface area contributed by atoms with Crippen molar-refractivity contribution in [1.29, 1.82) is 0 Å². The highest BCUT2D eigenvalue weighted by Gasteiger charge is 2.47. The molecule has 134 valence electrons. The van der Waals surface area contributed by atoms with Gasteiger partial charge in [-0.1, -0.05) is 36.4 Å². The topological polar surface area (TPSA) is 83.6 Å². The average molecular weight is 360 g/mol. The number of ketones is 1. The highest BCUT2D eigenvalue weighted by Crippen LogP contribution is 2.40. The van der Waals surface area contributed by atoms with E-state index in [-0.39, 0.29) is 17.9 Å². The Kier molecular flexibility index (Phi) is 4.30. The Bertz CT molecular complexity index is 995. The first kappa shape index (κ1) is 16.8. The van der Waals surface area contributed by atoms with Crippen LogP contribution in [0.4, 0.5) is 0 Å². The van der Waals surface area contributed by atoms with Gasteiger partial charge < -0.3 is 14.4 Å². The van der Waals surface area contributed by atoms with Crippen LogP contribution in [0.25, 0.3) is 5.76 Å². The van der Waals surface area contributed by atoms with Gasteiger partial charge in [-0.15, -0.1) is 0 Å². The van der Waals surface area contributed by atoms with Crippen LogP contribution in [0.3, 0.4) is 0 Å². The van der Waals surface area contributed by atoms with Gasteiger partial charge in [-0.05, 0) is 24.3 Å². The Morgan fingerprint density at radius 3 is 2.48 bits per heavy atom. The quantitative estimate of drug-likeness (QED) is 0.438. The summed E-state index contributed by atoms with van der Waals surface area (Å²) >= 11 is 0. The van der Waals surface area contributed by atoms with E-state index in [1.807, 2.05) is 6.07 Å². The van der Waals surface area contributed by atoms with Crippen LogP contribution in [0.15, 0.2) is 83.1 Å². The molecular formula is C21H16N2O4. The molecule has 1 fully saturated rings. The van der Waals surface area contributed by atoms with Crippen LogP contribution >= 0.6 is 0 Å². The molecule has 0 radical (unpaired) electrons. The molecule has 0 spiro atoms. The van der Waals surface area contributed by atoms with Crippen molar-refractivity contribution in [3.8, 4) is 0 Å². The largest absolute Gasteiger partial charge is 0.507 e. The van der Waals surface area contributed by atoms with E-state index in [9.17, 15) is 14.7 Å². The van der Waals surface area contributed by atoms with E-state index < -0.39 is 17.7 Å². The molecule has 2 aromatic heterocycles. The summed E-state index contributed by atoms with van der Waals surface area (Å²) in [6.45, 7) is 0.127. The van der Waals surface area contributed by atoms with E-state index in [0.717, 1.165) is 0 Å². The number of furan rings is 1. The van der Waals surface area contributed by atoms with Crippen LogP contribution in [-0.4, -0.2) is 26.7 Å². The molecule has 0 saturated carbocycles. The van der Waals surface area contributed by atoms with Crippen molar-refractivity contribution < 1.29 is 19.1 Å². The molecule has 1 amide bonds. The second-order valence-electron chi connectivity index (χ2n) is 6.13. The van der Waals surface area contributed by atoms with Crippen LogP contribution in [0.5, 0.6) is 0 Å². The lowest BCUT2D eigenvalue weighted by Crippen LogP contribution is -2.29. The average Bonchev–Trinajstić information content (AvgIpc) is 3.32. The Balaban J connectivity index is 1.83. The predicted molar refractivity (Wildman–Crippen MR) is 97.2 cm³/mol. The first-order valence-electron chi connectivity index (χ1n) is 8.44. The number of carbonyl (C=O) groups excluding carboxylic acids is 2. The van der Waals surface area contributed by atoms with Crippen molar-refractivity contribution in [2.45, 2.75) is 12.6 Å². The zero-order chi connectivity index (χ0) is 18.8. The van der Waals surface area contributed by atoms with Crippen LogP contribution in [0, 0.1) is 0 Å². The number of carbonyl (C=O) groups is 2. The molecule has 3 aromatic rings. The first-order chi connectivity index (χ1) is 13.2. The summed E-state index contributed by atoms with van der Waals surface area (Å²) in [6.07, 6.45) is 3.09. The fourth-order valence-electron chi connectivity index (χ4n) is 3.20. The molecule has 27 heavy (non-hydrogen) atoms. The van der Waals surface area contributed by atoms with E-state index in [2.05, 4.69) is 4.98 Å². The first-order valence-corrected chi connectivity index (χ1v) is 8.44. The van der Waals surface area contributed by atoms with Gasteiger partial charge in [-0.2, -0.15) is 0 Å². The number of likely N-dealkylation sites (tertiary alicyclic amines) is 1. The number of benzene rings is 1. The summed E-state index contributed by atoms with van der Waals surface area (Å²) in [6, 6.07) is 16.6. The van der Waals surface area contributed by atoms with E-state index >= 15 is 0 Å². The lowest BCUT2D eigenvalue weighted by atomic mass is 9.99. The third-order valence-corrected chi connectivity index (χ3v) is 4.46. The van der Waals surface area contributed by atoms with Gasteiger partial charge in [0.15, 0.2) is 0 Å². The summed E-state index contributed by atoms with van der Waals surface area (Å²) < 4.78 is 5.49. The zero-order valence-corrected chi connectivity index (χ0v) is 14.3. The Morgan fingerprint density at radius 2 is 1.81 bits per heavy atom. The number of aromatic nitrogens is 1. The number of amides is 1. The Labute approximate surface area is 155 Å². The van der Waals surface area contributed by atoms with E-state index in [1.165, 1.54) is 11.2 Å². The molecule has 6 nitrogen and oxygen atoms in total. The minimum Gasteiger partial charge on any atom is -0.507 e. The minimum absolute atomic E-state index is 0.0112. The Morgan fingerprint density at radius 1 is 1.04 bits per heavy atom. The molecule has 3 heterocycles. The lowest BCUT2D eigenvalue weighted by molar-refractivity contribution is -0.140. The maximum absolute atomic E-state index is 12.8. The number of hydrogen-bond acceptors (Lipinski definition) is 5. The third kappa shape index (κ3) is 3.01. The Hall–Kier alpha value is -3.67. The van der Waals surface area contributed by atoms with Crippen molar-refractivity contribution in [2.24, 2.45) is 0 Å². The van der Waals surface area contributed by atoms with E-state index in [4.69, 9.17) is 4.42 Å². The molecule has 1 saturated heterocycles. The zero-order valence-electron chi connectivity index (χ0n) is 14.3. The molecule has 1 aliphatic rings. The minimum atomic E-state index is -0.817. The fourth-order valence-corrected chi connectivity index (χ4v) is 3.20. The van der Waals surface area contributed by atoms with Crippen LogP contribution < -0.4 is 0 Å². The number of Topliss-reactive ketones (excluding diaryl/α,β-unsaturated/α-hetero) is 1. The SMILES string of the molecule is O=C1C(=O)N(Cc2ccccn2)C(c2ccco2)/C1=C(/O)c1ccccc1. The standard InChI is InChI=1S/C21H16N2O4/c24-19(14-7-2-1-3-8-14)17-18(16-10-6-12-27-16)23(21(26)20(17)25)13-15-9-4-5-11-22-15/h1-12,18,24H,13H2/b19-17-. The number of hydrogen-bond donors (Lipinski definition) is 1. The van der Waals surface area contributed by atoms with Crippen molar-refractivity contribution in [3.63, 3.8) is 0 Å². The smallest absolute Gasteiger partial charge is 0.296 e. The van der Waals surface area contributed by atoms with Gasteiger partial charge in [0.05, 0.1) is 24.1 Å². The number of aliphatic hydroxyl groups excluding tert-OH is 1. The van der Waals surface area contributed by atoms with Gasteiger partial charge in [-0.25, -0.2) is 0 Å². The van der Waals surface area contributed by atoms with Crippen molar-refractivity contribution in [3.05, 3.63) is 95.7 Å². The molecule has 1 aliphatic heterocycles. The van der Waals surface area contributed by atoms with Crippen LogP contribution in [-0.2, 0) is 16.1 Å². The summed E-state index contributed by atoms with van der Waals surface area (Å²) in [5.41, 5.74) is 1.11. The molecule has 1 atom stereocenters. The van der Waals surface area contributed by atoms with Crippen LogP contribution in [0.1, 0.15) is 23.1 Å². The molecule has 1 aromatic carbocycles. The van der Waals surface area contributed by atoms with Crippen LogP contribution in [0.2, 0.25) is 0 Å². The predicted octanol–water partition coefficient (Wildman–Crippen LogP) is 3.30.